The first-order chi connectivity index (χ1) is 9.72. The van der Waals surface area contributed by atoms with Crippen molar-refractivity contribution in [1.29, 1.82) is 0 Å². The molecule has 1 aromatic carbocycles. The zero-order valence-corrected chi connectivity index (χ0v) is 12.1. The van der Waals surface area contributed by atoms with Gasteiger partial charge in [0, 0.05) is 22.9 Å². The number of ether oxygens (including phenoxy) is 2. The molecule has 20 heavy (non-hydrogen) atoms. The number of nitrogens with zero attached hydrogens (tertiary/aromatic N) is 2. The van der Waals surface area contributed by atoms with Gasteiger partial charge in [0.1, 0.15) is 17.3 Å². The van der Waals surface area contributed by atoms with Crippen molar-refractivity contribution in [2.45, 2.75) is 26.2 Å². The molecule has 0 N–H and O–H groups in total. The summed E-state index contributed by atoms with van der Waals surface area (Å²) in [5, 5.41) is 0. The second-order valence-corrected chi connectivity index (χ2v) is 4.96. The van der Waals surface area contributed by atoms with Crippen molar-refractivity contribution in [3.05, 3.63) is 35.3 Å². The van der Waals surface area contributed by atoms with E-state index >= 15 is 0 Å². The molecule has 0 spiro atoms. The summed E-state index contributed by atoms with van der Waals surface area (Å²) >= 11 is 0. The summed E-state index contributed by atoms with van der Waals surface area (Å²) in [6, 6.07) is 5.85. The summed E-state index contributed by atoms with van der Waals surface area (Å²) in [4.78, 5) is 9.20. The Kier molecular flexibility index (Phi) is 3.30. The largest absolute Gasteiger partial charge is 0.497 e. The Labute approximate surface area is 118 Å². The molecule has 0 radical (unpaired) electrons. The van der Waals surface area contributed by atoms with Crippen molar-refractivity contribution in [2.75, 3.05) is 14.2 Å². The molecule has 4 heteroatoms. The van der Waals surface area contributed by atoms with E-state index in [1.54, 1.807) is 14.2 Å². The minimum Gasteiger partial charge on any atom is -0.497 e. The third kappa shape index (κ3) is 2.11. The van der Waals surface area contributed by atoms with Crippen LogP contribution in [0.5, 0.6) is 11.5 Å². The molecule has 0 amide bonds. The average molecular weight is 270 g/mol. The molecular formula is C16H18N2O2. The molecule has 3 rings (SSSR count). The van der Waals surface area contributed by atoms with E-state index in [2.05, 4.69) is 9.97 Å². The molecule has 1 aromatic heterocycles. The Hall–Kier alpha value is -2.10. The predicted octanol–water partition coefficient (Wildman–Crippen LogP) is 2.96. The Bertz CT molecular complexity index is 653. The second-order valence-electron chi connectivity index (χ2n) is 4.96. The molecule has 2 aromatic rings. The molecule has 104 valence electrons. The van der Waals surface area contributed by atoms with E-state index in [-0.39, 0.29) is 0 Å². The van der Waals surface area contributed by atoms with E-state index in [0.717, 1.165) is 47.8 Å². The van der Waals surface area contributed by atoms with Gasteiger partial charge in [0.25, 0.3) is 0 Å². The normalized spacial score (nSPS) is 13.2. The second kappa shape index (κ2) is 5.12. The van der Waals surface area contributed by atoms with E-state index in [1.807, 2.05) is 25.1 Å². The lowest BCUT2D eigenvalue weighted by molar-refractivity contribution is 0.395. The quantitative estimate of drug-likeness (QED) is 0.860. The van der Waals surface area contributed by atoms with Crippen LogP contribution >= 0.6 is 0 Å². The first-order valence-corrected chi connectivity index (χ1v) is 6.81. The van der Waals surface area contributed by atoms with Gasteiger partial charge in [-0.25, -0.2) is 9.97 Å². The Morgan fingerprint density at radius 1 is 1.05 bits per heavy atom. The zero-order chi connectivity index (χ0) is 14.1. The topological polar surface area (TPSA) is 44.2 Å². The van der Waals surface area contributed by atoms with E-state index in [0.29, 0.717) is 0 Å². The molecule has 4 nitrogen and oxygen atoms in total. The lowest BCUT2D eigenvalue weighted by atomic mass is 10.0. The number of hydrogen-bond acceptors (Lipinski definition) is 4. The third-order valence-electron chi connectivity index (χ3n) is 3.71. The van der Waals surface area contributed by atoms with Crippen LogP contribution in [0.3, 0.4) is 0 Å². The van der Waals surface area contributed by atoms with Gasteiger partial charge in [-0.05, 0) is 38.3 Å². The standard InChI is InChI=1S/C16H18N2O2/c1-10-17-14-6-4-5-12(14)16(18-10)13-8-7-11(19-2)9-15(13)20-3/h7-9H,4-6H2,1-3H3. The SMILES string of the molecule is COc1ccc(-c2nc(C)nc3c2CCC3)c(OC)c1. The van der Waals surface area contributed by atoms with Gasteiger partial charge in [0.2, 0.25) is 0 Å². The van der Waals surface area contributed by atoms with Gasteiger partial charge in [0.15, 0.2) is 0 Å². The van der Waals surface area contributed by atoms with Crippen LogP contribution in [-0.2, 0) is 12.8 Å². The molecule has 0 saturated carbocycles. The Balaban J connectivity index is 2.19. The van der Waals surface area contributed by atoms with Crippen LogP contribution in [0.15, 0.2) is 18.2 Å². The number of aromatic nitrogens is 2. The van der Waals surface area contributed by atoms with Crippen molar-refractivity contribution in [3.8, 4) is 22.8 Å². The molecule has 0 fully saturated rings. The molecule has 0 atom stereocenters. The fourth-order valence-corrected chi connectivity index (χ4v) is 2.77. The highest BCUT2D eigenvalue weighted by molar-refractivity contribution is 5.72. The summed E-state index contributed by atoms with van der Waals surface area (Å²) in [5.41, 5.74) is 4.46. The minimum absolute atomic E-state index is 0.785. The number of rotatable bonds is 3. The van der Waals surface area contributed by atoms with Crippen LogP contribution in [-0.4, -0.2) is 24.2 Å². The van der Waals surface area contributed by atoms with Crippen molar-refractivity contribution >= 4 is 0 Å². The van der Waals surface area contributed by atoms with Crippen molar-refractivity contribution in [1.82, 2.24) is 9.97 Å². The maximum atomic E-state index is 5.50. The molecule has 1 aliphatic rings. The van der Waals surface area contributed by atoms with Crippen LogP contribution in [0, 0.1) is 6.92 Å². The molecule has 0 saturated heterocycles. The van der Waals surface area contributed by atoms with Gasteiger partial charge in [-0.1, -0.05) is 0 Å². The summed E-state index contributed by atoms with van der Waals surface area (Å²) in [7, 11) is 3.33. The average Bonchev–Trinajstić information content (AvgIpc) is 2.93. The van der Waals surface area contributed by atoms with Crippen molar-refractivity contribution < 1.29 is 9.47 Å². The summed E-state index contributed by atoms with van der Waals surface area (Å²) < 4.78 is 10.8. The Morgan fingerprint density at radius 3 is 2.65 bits per heavy atom. The summed E-state index contributed by atoms with van der Waals surface area (Å²) in [6.45, 7) is 1.94. The zero-order valence-electron chi connectivity index (χ0n) is 12.1. The highest BCUT2D eigenvalue weighted by Crippen LogP contribution is 2.37. The maximum Gasteiger partial charge on any atom is 0.131 e. The molecule has 1 aliphatic carbocycles. The van der Waals surface area contributed by atoms with Gasteiger partial charge in [0.05, 0.1) is 19.9 Å². The highest BCUT2D eigenvalue weighted by atomic mass is 16.5. The van der Waals surface area contributed by atoms with Crippen molar-refractivity contribution in [2.24, 2.45) is 0 Å². The van der Waals surface area contributed by atoms with Gasteiger partial charge < -0.3 is 9.47 Å². The molecule has 0 bridgehead atoms. The number of benzene rings is 1. The first kappa shape index (κ1) is 12.9. The Morgan fingerprint density at radius 2 is 1.90 bits per heavy atom. The van der Waals surface area contributed by atoms with Gasteiger partial charge >= 0.3 is 0 Å². The van der Waals surface area contributed by atoms with Crippen LogP contribution in [0.1, 0.15) is 23.5 Å². The van der Waals surface area contributed by atoms with Crippen LogP contribution in [0.4, 0.5) is 0 Å². The molecule has 1 heterocycles. The van der Waals surface area contributed by atoms with E-state index in [9.17, 15) is 0 Å². The van der Waals surface area contributed by atoms with Crippen molar-refractivity contribution in [3.63, 3.8) is 0 Å². The number of aryl methyl sites for hydroxylation is 2. The number of fused-ring (bicyclic) bond motifs is 1. The molecule has 0 unspecified atom stereocenters. The van der Waals surface area contributed by atoms with Gasteiger partial charge in [-0.3, -0.25) is 0 Å². The maximum absolute atomic E-state index is 5.50. The molecule has 0 aliphatic heterocycles. The lowest BCUT2D eigenvalue weighted by Crippen LogP contribution is -2.01. The number of methoxy groups -OCH3 is 2. The fraction of sp³-hybridized carbons (Fsp3) is 0.375. The van der Waals surface area contributed by atoms with Gasteiger partial charge in [-0.15, -0.1) is 0 Å². The fourth-order valence-electron chi connectivity index (χ4n) is 2.77. The monoisotopic (exact) mass is 270 g/mol. The third-order valence-corrected chi connectivity index (χ3v) is 3.71. The summed E-state index contributed by atoms with van der Waals surface area (Å²) in [6.07, 6.45) is 3.24. The smallest absolute Gasteiger partial charge is 0.131 e. The minimum atomic E-state index is 0.785. The van der Waals surface area contributed by atoms with E-state index in [4.69, 9.17) is 9.47 Å². The number of hydrogen-bond donors (Lipinski definition) is 0. The molecular weight excluding hydrogens is 252 g/mol. The lowest BCUT2D eigenvalue weighted by Gasteiger charge is -2.13. The van der Waals surface area contributed by atoms with Crippen LogP contribution in [0.2, 0.25) is 0 Å². The van der Waals surface area contributed by atoms with Crippen LogP contribution in [0.25, 0.3) is 11.3 Å². The van der Waals surface area contributed by atoms with E-state index < -0.39 is 0 Å². The highest BCUT2D eigenvalue weighted by Gasteiger charge is 2.21. The van der Waals surface area contributed by atoms with Gasteiger partial charge in [-0.2, -0.15) is 0 Å². The summed E-state index contributed by atoms with van der Waals surface area (Å²) in [5.74, 6) is 2.39. The van der Waals surface area contributed by atoms with Crippen LogP contribution < -0.4 is 9.47 Å². The van der Waals surface area contributed by atoms with E-state index in [1.165, 1.54) is 11.3 Å². The predicted molar refractivity (Wildman–Crippen MR) is 77.3 cm³/mol. The first-order valence-electron chi connectivity index (χ1n) is 6.81.